The predicted octanol–water partition coefficient (Wildman–Crippen LogP) is -1.89. The lowest BCUT2D eigenvalue weighted by molar-refractivity contribution is -0.323. The van der Waals surface area contributed by atoms with E-state index in [4.69, 9.17) is 31.6 Å². The van der Waals surface area contributed by atoms with Crippen LogP contribution in [0.15, 0.2) is 29.4 Å². The molecule has 1 aromatic heterocycles. The minimum atomic E-state index is -3.51. The summed E-state index contributed by atoms with van der Waals surface area (Å²) in [4.78, 5) is 24.3. The van der Waals surface area contributed by atoms with E-state index >= 15 is 0 Å². The number of aliphatic hydroxyl groups is 3. The largest absolute Gasteiger partial charge is 0.494 e. The summed E-state index contributed by atoms with van der Waals surface area (Å²) >= 11 is 0. The maximum atomic E-state index is 12.4. The molecule has 0 saturated heterocycles. The van der Waals surface area contributed by atoms with Crippen molar-refractivity contribution in [3.05, 3.63) is 35.5 Å². The fourth-order valence-electron chi connectivity index (χ4n) is 2.67. The van der Waals surface area contributed by atoms with Crippen molar-refractivity contribution in [1.29, 1.82) is 0 Å². The quantitative estimate of drug-likeness (QED) is 0.0631. The molecule has 16 heteroatoms. The van der Waals surface area contributed by atoms with Gasteiger partial charge in [-0.3, -0.25) is 15.4 Å². The molecular formula is C18H26N10O6. The molecule has 11 N–H and O–H groups in total. The van der Waals surface area contributed by atoms with Crippen LogP contribution in [0.4, 0.5) is 22.0 Å². The zero-order valence-corrected chi connectivity index (χ0v) is 18.5. The number of carbonyl (C=O) groups is 2. The second kappa shape index (κ2) is 11.1. The van der Waals surface area contributed by atoms with Crippen molar-refractivity contribution in [1.82, 2.24) is 25.9 Å². The molecule has 2 rings (SSSR count). The summed E-state index contributed by atoms with van der Waals surface area (Å²) in [6.45, 7) is 2.06. The Morgan fingerprint density at radius 1 is 1.24 bits per heavy atom. The number of amidine groups is 1. The van der Waals surface area contributed by atoms with Crippen molar-refractivity contribution in [2.45, 2.75) is 13.0 Å². The van der Waals surface area contributed by atoms with Crippen LogP contribution in [-0.4, -0.2) is 75.2 Å². The standard InChI is InChI=1S/C18H26N10O6/c1-4-21-17(30)23-12-8-11(13(26-25-12)16(29)24-18(31,32)33)22-10-7-5-6-9(14(10)34-3)15(19)27-28(2)20/h5-8,31-33H,4,20H2,1-3H3,(H2,19,27)(H,24,29)(H3,21,22,23,25,30). The van der Waals surface area contributed by atoms with Gasteiger partial charge in [-0.2, -0.15) is 0 Å². The lowest BCUT2D eigenvalue weighted by Gasteiger charge is -2.19. The van der Waals surface area contributed by atoms with Gasteiger partial charge in [-0.1, -0.05) is 6.07 Å². The lowest BCUT2D eigenvalue weighted by atomic mass is 10.1. The van der Waals surface area contributed by atoms with Gasteiger partial charge in [0.25, 0.3) is 5.91 Å². The minimum Gasteiger partial charge on any atom is -0.494 e. The highest BCUT2D eigenvalue weighted by atomic mass is 16.7. The van der Waals surface area contributed by atoms with Crippen LogP contribution in [0.3, 0.4) is 0 Å². The Bertz CT molecular complexity index is 1070. The van der Waals surface area contributed by atoms with Crippen LogP contribution in [-0.2, 0) is 0 Å². The first-order valence-corrected chi connectivity index (χ1v) is 9.64. The van der Waals surface area contributed by atoms with Gasteiger partial charge in [0, 0.05) is 19.7 Å². The number of aromatic nitrogens is 2. The molecule has 0 aliphatic heterocycles. The number of hydrogen-bond donors (Lipinski definition) is 9. The Balaban J connectivity index is 2.55. The second-order valence-corrected chi connectivity index (χ2v) is 6.64. The molecule has 16 nitrogen and oxygen atoms in total. The Kier molecular flexibility index (Phi) is 8.46. The first kappa shape index (κ1) is 26.0. The third kappa shape index (κ3) is 7.14. The molecule has 2 aromatic rings. The summed E-state index contributed by atoms with van der Waals surface area (Å²) in [6, 6.07) is 5.48. The molecule has 0 aliphatic rings. The van der Waals surface area contributed by atoms with Gasteiger partial charge in [0.2, 0.25) is 0 Å². The number of rotatable bonds is 9. The van der Waals surface area contributed by atoms with Gasteiger partial charge < -0.3 is 36.4 Å². The molecule has 34 heavy (non-hydrogen) atoms. The van der Waals surface area contributed by atoms with Gasteiger partial charge >= 0.3 is 12.1 Å². The Hall–Kier alpha value is -4.25. The van der Waals surface area contributed by atoms with Crippen LogP contribution in [0.1, 0.15) is 23.0 Å². The third-order valence-corrected chi connectivity index (χ3v) is 3.90. The number of urea groups is 1. The molecular weight excluding hydrogens is 452 g/mol. The van der Waals surface area contributed by atoms with Crippen LogP contribution in [0.25, 0.3) is 0 Å². The normalized spacial score (nSPS) is 11.4. The smallest absolute Gasteiger partial charge is 0.369 e. The van der Waals surface area contributed by atoms with Crippen LogP contribution < -0.4 is 37.6 Å². The van der Waals surface area contributed by atoms with E-state index in [9.17, 15) is 9.59 Å². The van der Waals surface area contributed by atoms with Crippen LogP contribution in [0.2, 0.25) is 0 Å². The lowest BCUT2D eigenvalue weighted by Crippen LogP contribution is -2.48. The number of amides is 3. The molecule has 0 saturated carbocycles. The number of hydrogen-bond acceptors (Lipinski definition) is 12. The summed E-state index contributed by atoms with van der Waals surface area (Å²) < 4.78 is 5.44. The van der Waals surface area contributed by atoms with Gasteiger partial charge in [0.1, 0.15) is 0 Å². The van der Waals surface area contributed by atoms with Crippen molar-refractivity contribution in [2.75, 3.05) is 31.3 Å². The number of carbonyl (C=O) groups excluding carboxylic acids is 2. The summed E-state index contributed by atoms with van der Waals surface area (Å²) in [5.74, 6) is 4.51. The van der Waals surface area contributed by atoms with E-state index in [1.54, 1.807) is 25.1 Å². The van der Waals surface area contributed by atoms with Crippen LogP contribution >= 0.6 is 0 Å². The van der Waals surface area contributed by atoms with E-state index in [0.29, 0.717) is 12.1 Å². The van der Waals surface area contributed by atoms with Crippen molar-refractivity contribution in [3.63, 3.8) is 0 Å². The number of benzene rings is 1. The van der Waals surface area contributed by atoms with E-state index < -0.39 is 23.7 Å². The molecule has 184 valence electrons. The zero-order chi connectivity index (χ0) is 25.5. The van der Waals surface area contributed by atoms with Gasteiger partial charge in [-0.05, 0) is 19.1 Å². The Morgan fingerprint density at radius 3 is 2.53 bits per heavy atom. The maximum absolute atomic E-state index is 12.4. The molecule has 0 aliphatic carbocycles. The van der Waals surface area contributed by atoms with E-state index in [2.05, 4.69) is 31.2 Å². The van der Waals surface area contributed by atoms with Crippen LogP contribution in [0.5, 0.6) is 5.75 Å². The number of anilines is 3. The molecule has 0 radical (unpaired) electrons. The number of hydrazone groups is 1. The van der Waals surface area contributed by atoms with Crippen LogP contribution in [0, 0.1) is 0 Å². The van der Waals surface area contributed by atoms with Crippen molar-refractivity contribution >= 4 is 35.0 Å². The third-order valence-electron chi connectivity index (χ3n) is 3.90. The van der Waals surface area contributed by atoms with Gasteiger partial charge in [0.05, 0.1) is 24.0 Å². The highest BCUT2D eigenvalue weighted by Gasteiger charge is 2.26. The zero-order valence-electron chi connectivity index (χ0n) is 18.5. The monoisotopic (exact) mass is 478 g/mol. The van der Waals surface area contributed by atoms with Crippen molar-refractivity contribution < 1.29 is 29.6 Å². The number of nitrogens with zero attached hydrogens (tertiary/aromatic N) is 4. The molecule has 0 fully saturated rings. The number of ether oxygens (including phenoxy) is 1. The first-order valence-electron chi connectivity index (χ1n) is 9.64. The molecule has 0 atom stereocenters. The Labute approximate surface area is 193 Å². The highest BCUT2D eigenvalue weighted by Crippen LogP contribution is 2.32. The second-order valence-electron chi connectivity index (χ2n) is 6.64. The number of hydrazine groups is 1. The summed E-state index contributed by atoms with van der Waals surface area (Å²) in [5, 5.41) is 49.0. The molecule has 0 bridgehead atoms. The van der Waals surface area contributed by atoms with E-state index in [1.807, 2.05) is 0 Å². The number of methoxy groups -OCH3 is 1. The van der Waals surface area contributed by atoms with E-state index in [0.717, 1.165) is 5.12 Å². The fourth-order valence-corrected chi connectivity index (χ4v) is 2.67. The molecule has 0 spiro atoms. The molecule has 0 unspecified atom stereocenters. The number of para-hydroxylation sites is 1. The molecule has 3 amide bonds. The average molecular weight is 478 g/mol. The summed E-state index contributed by atoms with van der Waals surface area (Å²) in [7, 11) is 2.85. The van der Waals surface area contributed by atoms with Gasteiger partial charge in [0.15, 0.2) is 23.1 Å². The topological polar surface area (TPSA) is 246 Å². The average Bonchev–Trinajstić information content (AvgIpc) is 2.72. The van der Waals surface area contributed by atoms with E-state index in [1.165, 1.54) is 25.5 Å². The number of nitrogens with two attached hydrogens (primary N) is 2. The highest BCUT2D eigenvalue weighted by molar-refractivity contribution is 6.03. The van der Waals surface area contributed by atoms with E-state index in [-0.39, 0.29) is 28.8 Å². The van der Waals surface area contributed by atoms with Crippen molar-refractivity contribution in [2.24, 2.45) is 16.7 Å². The summed E-state index contributed by atoms with van der Waals surface area (Å²) in [5.41, 5.74) is 6.12. The number of nitrogens with one attached hydrogen (secondary N) is 4. The SMILES string of the molecule is CCNC(=O)Nc1cc(Nc2cccc(/C(N)=N/N(C)N)c2OC)c(C(=O)NC(O)(O)O)nn1. The van der Waals surface area contributed by atoms with Gasteiger partial charge in [-0.15, -0.1) is 15.3 Å². The molecule has 1 heterocycles. The maximum Gasteiger partial charge on any atom is 0.369 e. The van der Waals surface area contributed by atoms with Gasteiger partial charge in [-0.25, -0.2) is 15.8 Å². The minimum absolute atomic E-state index is 0.0283. The predicted molar refractivity (Wildman–Crippen MR) is 121 cm³/mol. The Morgan fingerprint density at radius 2 is 1.94 bits per heavy atom. The van der Waals surface area contributed by atoms with Crippen molar-refractivity contribution in [3.8, 4) is 5.75 Å². The first-order chi connectivity index (χ1) is 15.9. The fraction of sp³-hybridized carbons (Fsp3) is 0.278. The molecule has 1 aromatic carbocycles. The summed E-state index contributed by atoms with van der Waals surface area (Å²) in [6.07, 6.45) is -3.51.